The van der Waals surface area contributed by atoms with Crippen LogP contribution in [0.1, 0.15) is 37.7 Å². The first-order chi connectivity index (χ1) is 10.7. The fourth-order valence-corrected chi connectivity index (χ4v) is 2.71. The molecule has 0 atom stereocenters. The minimum Gasteiger partial charge on any atom is -0.343 e. The molecule has 1 heterocycles. The van der Waals surface area contributed by atoms with Crippen LogP contribution in [0.25, 0.3) is 0 Å². The molecule has 2 fully saturated rings. The lowest BCUT2D eigenvalue weighted by Gasteiger charge is -2.15. The maximum absolute atomic E-state index is 12.0. The van der Waals surface area contributed by atoms with Gasteiger partial charge < -0.3 is 15.5 Å². The summed E-state index contributed by atoms with van der Waals surface area (Å²) in [7, 11) is 0. The van der Waals surface area contributed by atoms with Crippen LogP contribution in [0.4, 0.5) is 10.5 Å². The predicted molar refractivity (Wildman–Crippen MR) is 85.8 cm³/mol. The molecule has 118 valence electrons. The van der Waals surface area contributed by atoms with Crippen LogP contribution in [0.2, 0.25) is 0 Å². The van der Waals surface area contributed by atoms with Crippen LogP contribution in [0.3, 0.4) is 0 Å². The second-order valence-corrected chi connectivity index (χ2v) is 6.16. The van der Waals surface area contributed by atoms with E-state index in [9.17, 15) is 9.59 Å². The topological polar surface area (TPSA) is 61.4 Å². The van der Waals surface area contributed by atoms with Crippen LogP contribution in [-0.2, 0) is 11.2 Å². The van der Waals surface area contributed by atoms with Crippen molar-refractivity contribution in [2.24, 2.45) is 0 Å². The fourth-order valence-electron chi connectivity index (χ4n) is 2.71. The summed E-state index contributed by atoms with van der Waals surface area (Å²) in [5.74, 6) is 0.253. The van der Waals surface area contributed by atoms with Crippen LogP contribution in [-0.4, -0.2) is 36.0 Å². The first-order valence-electron chi connectivity index (χ1n) is 8.15. The predicted octanol–water partition coefficient (Wildman–Crippen LogP) is 2.53. The van der Waals surface area contributed by atoms with Crippen LogP contribution < -0.4 is 10.6 Å². The molecule has 0 spiro atoms. The summed E-state index contributed by atoms with van der Waals surface area (Å²) >= 11 is 0. The molecule has 0 bridgehead atoms. The Morgan fingerprint density at radius 2 is 1.77 bits per heavy atom. The highest BCUT2D eigenvalue weighted by Gasteiger charge is 2.23. The van der Waals surface area contributed by atoms with Gasteiger partial charge in [-0.3, -0.25) is 4.79 Å². The molecule has 2 aliphatic rings. The Balaban J connectivity index is 1.44. The van der Waals surface area contributed by atoms with Crippen molar-refractivity contribution in [1.82, 2.24) is 10.2 Å². The second kappa shape index (κ2) is 6.81. The van der Waals surface area contributed by atoms with E-state index in [0.29, 0.717) is 12.5 Å². The highest BCUT2D eigenvalue weighted by atomic mass is 16.2. The van der Waals surface area contributed by atoms with Gasteiger partial charge in [0, 0.05) is 31.2 Å². The van der Waals surface area contributed by atoms with Gasteiger partial charge in [0.25, 0.3) is 0 Å². The number of hydrogen-bond acceptors (Lipinski definition) is 2. The van der Waals surface area contributed by atoms with Crippen LogP contribution in [0, 0.1) is 0 Å². The van der Waals surface area contributed by atoms with Gasteiger partial charge in [-0.15, -0.1) is 0 Å². The van der Waals surface area contributed by atoms with Crippen LogP contribution >= 0.6 is 0 Å². The number of amides is 3. The SMILES string of the molecule is O=C(Nc1ccc(CCC(=O)N2CCCC2)cc1)NC1CC1. The van der Waals surface area contributed by atoms with Crippen molar-refractivity contribution in [2.75, 3.05) is 18.4 Å². The van der Waals surface area contributed by atoms with E-state index in [1.165, 1.54) is 0 Å². The average molecular weight is 301 g/mol. The molecule has 0 radical (unpaired) electrons. The smallest absolute Gasteiger partial charge is 0.319 e. The van der Waals surface area contributed by atoms with Crippen LogP contribution in [0.15, 0.2) is 24.3 Å². The van der Waals surface area contributed by atoms with Crippen molar-refractivity contribution < 1.29 is 9.59 Å². The highest BCUT2D eigenvalue weighted by molar-refractivity contribution is 5.89. The number of urea groups is 1. The number of aryl methyl sites for hydroxylation is 1. The number of benzene rings is 1. The number of hydrogen-bond donors (Lipinski definition) is 2. The van der Waals surface area contributed by atoms with Crippen molar-refractivity contribution in [3.05, 3.63) is 29.8 Å². The van der Waals surface area contributed by atoms with E-state index >= 15 is 0 Å². The lowest BCUT2D eigenvalue weighted by Crippen LogP contribution is -2.30. The second-order valence-electron chi connectivity index (χ2n) is 6.16. The fraction of sp³-hybridized carbons (Fsp3) is 0.529. The summed E-state index contributed by atoms with van der Waals surface area (Å²) in [5, 5.41) is 5.71. The minimum atomic E-state index is -0.139. The monoisotopic (exact) mass is 301 g/mol. The van der Waals surface area contributed by atoms with Gasteiger partial charge in [0.1, 0.15) is 0 Å². The van der Waals surface area contributed by atoms with Gasteiger partial charge in [-0.25, -0.2) is 4.79 Å². The number of anilines is 1. The van der Waals surface area contributed by atoms with Crippen molar-refractivity contribution >= 4 is 17.6 Å². The van der Waals surface area contributed by atoms with Crippen molar-refractivity contribution in [3.8, 4) is 0 Å². The summed E-state index contributed by atoms with van der Waals surface area (Å²) in [4.78, 5) is 25.6. The number of carbonyl (C=O) groups is 2. The number of nitrogens with one attached hydrogen (secondary N) is 2. The largest absolute Gasteiger partial charge is 0.343 e. The maximum atomic E-state index is 12.0. The van der Waals surface area contributed by atoms with E-state index in [0.717, 1.165) is 56.4 Å². The van der Waals surface area contributed by atoms with Gasteiger partial charge >= 0.3 is 6.03 Å². The molecule has 0 unspecified atom stereocenters. The lowest BCUT2D eigenvalue weighted by atomic mass is 10.1. The Bertz CT molecular complexity index is 531. The van der Waals surface area contributed by atoms with E-state index in [2.05, 4.69) is 10.6 Å². The zero-order valence-electron chi connectivity index (χ0n) is 12.8. The third-order valence-corrected chi connectivity index (χ3v) is 4.21. The van der Waals surface area contributed by atoms with E-state index in [1.54, 1.807) is 0 Å². The molecule has 1 saturated carbocycles. The molecule has 1 aliphatic heterocycles. The number of carbonyl (C=O) groups excluding carboxylic acids is 2. The van der Waals surface area contributed by atoms with Crippen molar-refractivity contribution in [3.63, 3.8) is 0 Å². The molecule has 3 rings (SSSR count). The van der Waals surface area contributed by atoms with E-state index in [1.807, 2.05) is 29.2 Å². The quantitative estimate of drug-likeness (QED) is 0.878. The molecule has 1 aliphatic carbocycles. The Morgan fingerprint density at radius 1 is 1.09 bits per heavy atom. The minimum absolute atomic E-state index is 0.139. The third-order valence-electron chi connectivity index (χ3n) is 4.21. The molecule has 2 N–H and O–H groups in total. The van der Waals surface area contributed by atoms with Gasteiger partial charge in [0.05, 0.1) is 0 Å². The lowest BCUT2D eigenvalue weighted by molar-refractivity contribution is -0.130. The van der Waals surface area contributed by atoms with Gasteiger partial charge in [0.2, 0.25) is 5.91 Å². The average Bonchev–Trinajstić information content (AvgIpc) is 3.15. The van der Waals surface area contributed by atoms with Gasteiger partial charge in [-0.05, 0) is 49.8 Å². The Hall–Kier alpha value is -2.04. The summed E-state index contributed by atoms with van der Waals surface area (Å²) in [6.07, 6.45) is 5.75. The van der Waals surface area contributed by atoms with Crippen molar-refractivity contribution in [2.45, 2.75) is 44.6 Å². The summed E-state index contributed by atoms with van der Waals surface area (Å²) in [6.45, 7) is 1.83. The summed E-state index contributed by atoms with van der Waals surface area (Å²) < 4.78 is 0. The van der Waals surface area contributed by atoms with Gasteiger partial charge in [0.15, 0.2) is 0 Å². The number of nitrogens with zero attached hydrogens (tertiary/aromatic N) is 1. The Labute approximate surface area is 131 Å². The normalized spacial score (nSPS) is 17.4. The third kappa shape index (κ3) is 4.23. The molecule has 1 aromatic carbocycles. The van der Waals surface area contributed by atoms with E-state index in [-0.39, 0.29) is 11.9 Å². The maximum Gasteiger partial charge on any atom is 0.319 e. The highest BCUT2D eigenvalue weighted by Crippen LogP contribution is 2.19. The molecular weight excluding hydrogens is 278 g/mol. The molecule has 1 aromatic rings. The molecule has 5 heteroatoms. The molecule has 0 aromatic heterocycles. The molecule has 1 saturated heterocycles. The zero-order chi connectivity index (χ0) is 15.4. The Morgan fingerprint density at radius 3 is 2.41 bits per heavy atom. The van der Waals surface area contributed by atoms with Gasteiger partial charge in [-0.1, -0.05) is 12.1 Å². The molecule has 22 heavy (non-hydrogen) atoms. The van der Waals surface area contributed by atoms with Gasteiger partial charge in [-0.2, -0.15) is 0 Å². The first kappa shape index (κ1) is 14.9. The molecular formula is C17H23N3O2. The summed E-state index contributed by atoms with van der Waals surface area (Å²) in [6, 6.07) is 7.95. The van der Waals surface area contributed by atoms with E-state index < -0.39 is 0 Å². The molecule has 5 nitrogen and oxygen atoms in total. The van der Waals surface area contributed by atoms with Crippen LogP contribution in [0.5, 0.6) is 0 Å². The standard InChI is InChI=1S/C17H23N3O2/c21-16(20-11-1-2-12-20)10-5-13-3-6-14(7-4-13)18-17(22)19-15-8-9-15/h3-4,6-7,15H,1-2,5,8-12H2,(H2,18,19,22). The Kier molecular flexibility index (Phi) is 4.61. The summed E-state index contributed by atoms with van der Waals surface area (Å²) in [5.41, 5.74) is 1.91. The molecule has 3 amide bonds. The number of likely N-dealkylation sites (tertiary alicyclic amines) is 1. The van der Waals surface area contributed by atoms with Crippen molar-refractivity contribution in [1.29, 1.82) is 0 Å². The van der Waals surface area contributed by atoms with E-state index in [4.69, 9.17) is 0 Å². The zero-order valence-corrected chi connectivity index (χ0v) is 12.8. The first-order valence-corrected chi connectivity index (χ1v) is 8.15. The number of rotatable bonds is 5.